The molecular weight excluding hydrogens is 278 g/mol. The van der Waals surface area contributed by atoms with Gasteiger partial charge in [0.15, 0.2) is 0 Å². The van der Waals surface area contributed by atoms with Crippen molar-refractivity contribution in [2.45, 2.75) is 0 Å². The molecule has 2 aromatic rings. The Balaban J connectivity index is 1.91. The van der Waals surface area contributed by atoms with Gasteiger partial charge in [-0.2, -0.15) is 5.10 Å². The lowest BCUT2D eigenvalue weighted by Gasteiger charge is -2.05. The monoisotopic (exact) mass is 289 g/mol. The van der Waals surface area contributed by atoms with Crippen molar-refractivity contribution in [3.63, 3.8) is 0 Å². The number of hydrogen-bond donors (Lipinski definition) is 3. The van der Waals surface area contributed by atoms with Gasteiger partial charge in [-0.05, 0) is 29.8 Å². The number of hydrogen-bond acceptors (Lipinski definition) is 3. The second-order valence-corrected chi connectivity index (χ2v) is 4.31. The van der Waals surface area contributed by atoms with E-state index in [0.29, 0.717) is 16.3 Å². The van der Waals surface area contributed by atoms with Crippen LogP contribution in [0.25, 0.3) is 0 Å². The van der Waals surface area contributed by atoms with Crippen molar-refractivity contribution in [1.29, 1.82) is 0 Å². The molecule has 0 aliphatic carbocycles. The molecule has 6 heteroatoms. The summed E-state index contributed by atoms with van der Waals surface area (Å²) in [6.07, 6.45) is 1.42. The lowest BCUT2D eigenvalue weighted by molar-refractivity contribution is 0.252. The molecule has 2 amide bonds. The quantitative estimate of drug-likeness (QED) is 0.599. The first-order valence-corrected chi connectivity index (χ1v) is 6.16. The minimum Gasteiger partial charge on any atom is -0.508 e. The number of carbonyl (C=O) groups excluding carboxylic acids is 1. The molecule has 0 saturated carbocycles. The van der Waals surface area contributed by atoms with Crippen LogP contribution in [0.2, 0.25) is 5.02 Å². The van der Waals surface area contributed by atoms with Crippen molar-refractivity contribution < 1.29 is 9.90 Å². The molecule has 102 valence electrons. The third-order valence-corrected chi connectivity index (χ3v) is 2.70. The van der Waals surface area contributed by atoms with Crippen LogP contribution in [-0.2, 0) is 0 Å². The summed E-state index contributed by atoms with van der Waals surface area (Å²) in [7, 11) is 0. The number of aromatic hydroxyl groups is 1. The summed E-state index contributed by atoms with van der Waals surface area (Å²) < 4.78 is 0. The summed E-state index contributed by atoms with van der Waals surface area (Å²) in [6.45, 7) is 0. The molecule has 0 aliphatic rings. The van der Waals surface area contributed by atoms with Crippen molar-refractivity contribution >= 4 is 29.5 Å². The smallest absolute Gasteiger partial charge is 0.339 e. The number of halogens is 1. The highest BCUT2D eigenvalue weighted by atomic mass is 35.5. The van der Waals surface area contributed by atoms with Crippen molar-refractivity contribution in [2.75, 3.05) is 5.32 Å². The summed E-state index contributed by atoms with van der Waals surface area (Å²) in [6, 6.07) is 12.9. The molecule has 0 aliphatic heterocycles. The van der Waals surface area contributed by atoms with Crippen molar-refractivity contribution in [2.24, 2.45) is 5.10 Å². The Bertz CT molecular complexity index is 644. The third-order valence-electron chi connectivity index (χ3n) is 2.37. The lowest BCUT2D eigenvalue weighted by Crippen LogP contribution is -2.24. The van der Waals surface area contributed by atoms with Gasteiger partial charge in [0, 0.05) is 0 Å². The van der Waals surface area contributed by atoms with Gasteiger partial charge in [0.05, 0.1) is 16.9 Å². The molecule has 0 fully saturated rings. The van der Waals surface area contributed by atoms with E-state index in [1.54, 1.807) is 42.5 Å². The molecule has 0 unspecified atom stereocenters. The number of nitrogens with zero attached hydrogens (tertiary/aromatic N) is 1. The number of nitrogens with one attached hydrogen (secondary N) is 2. The second kappa shape index (κ2) is 6.58. The predicted octanol–water partition coefficient (Wildman–Crippen LogP) is 3.20. The largest absolute Gasteiger partial charge is 0.508 e. The first-order chi connectivity index (χ1) is 9.65. The molecule has 0 radical (unpaired) electrons. The zero-order valence-corrected chi connectivity index (χ0v) is 11.1. The maximum atomic E-state index is 11.6. The SMILES string of the molecule is O=C(N/N=C/c1cccc(O)c1)Nc1ccccc1Cl. The molecule has 5 nitrogen and oxygen atoms in total. The Morgan fingerprint density at radius 1 is 1.20 bits per heavy atom. The van der Waals surface area contributed by atoms with Crippen LogP contribution in [0.3, 0.4) is 0 Å². The zero-order valence-electron chi connectivity index (χ0n) is 10.4. The topological polar surface area (TPSA) is 73.7 Å². The summed E-state index contributed by atoms with van der Waals surface area (Å²) in [4.78, 5) is 11.6. The molecule has 0 saturated heterocycles. The number of phenolic OH excluding ortho intramolecular Hbond substituents is 1. The highest BCUT2D eigenvalue weighted by Crippen LogP contribution is 2.19. The van der Waals surface area contributed by atoms with Crippen molar-refractivity contribution in [1.82, 2.24) is 5.43 Å². The molecule has 3 N–H and O–H groups in total. The van der Waals surface area contributed by atoms with Crippen LogP contribution < -0.4 is 10.7 Å². The predicted molar refractivity (Wildman–Crippen MR) is 79.3 cm³/mol. The van der Waals surface area contributed by atoms with E-state index in [-0.39, 0.29) is 5.75 Å². The third kappa shape index (κ3) is 4.00. The number of carbonyl (C=O) groups is 1. The summed E-state index contributed by atoms with van der Waals surface area (Å²) in [5.74, 6) is 0.134. The number of anilines is 1. The minimum absolute atomic E-state index is 0.134. The van der Waals surface area contributed by atoms with Crippen LogP contribution in [0, 0.1) is 0 Å². The average Bonchev–Trinajstić information content (AvgIpc) is 2.41. The molecule has 0 bridgehead atoms. The first kappa shape index (κ1) is 13.9. The Hall–Kier alpha value is -2.53. The summed E-state index contributed by atoms with van der Waals surface area (Å²) >= 11 is 5.91. The highest BCUT2D eigenvalue weighted by Gasteiger charge is 2.02. The van der Waals surface area contributed by atoms with E-state index in [1.165, 1.54) is 12.3 Å². The molecule has 0 aromatic heterocycles. The van der Waals surface area contributed by atoms with E-state index in [0.717, 1.165) is 0 Å². The molecule has 2 aromatic carbocycles. The van der Waals surface area contributed by atoms with Crippen LogP contribution in [0.15, 0.2) is 53.6 Å². The molecule has 2 rings (SSSR count). The summed E-state index contributed by atoms with van der Waals surface area (Å²) in [5.41, 5.74) is 3.47. The molecule has 0 atom stereocenters. The zero-order chi connectivity index (χ0) is 14.4. The van der Waals surface area contributed by atoms with E-state index < -0.39 is 6.03 Å². The standard InChI is InChI=1S/C14H12ClN3O2/c15-12-6-1-2-7-13(12)17-14(20)18-16-9-10-4-3-5-11(19)8-10/h1-9,19H,(H2,17,18,20)/b16-9+. The average molecular weight is 290 g/mol. The fraction of sp³-hybridized carbons (Fsp3) is 0. The van der Waals surface area contributed by atoms with Gasteiger partial charge < -0.3 is 10.4 Å². The number of rotatable bonds is 3. The van der Waals surface area contributed by atoms with Gasteiger partial charge >= 0.3 is 6.03 Å². The van der Waals surface area contributed by atoms with E-state index in [4.69, 9.17) is 11.6 Å². The Morgan fingerprint density at radius 3 is 2.75 bits per heavy atom. The number of hydrazone groups is 1. The lowest BCUT2D eigenvalue weighted by atomic mass is 10.2. The van der Waals surface area contributed by atoms with E-state index in [9.17, 15) is 9.90 Å². The van der Waals surface area contributed by atoms with Crippen LogP contribution in [0.1, 0.15) is 5.56 Å². The van der Waals surface area contributed by atoms with Gasteiger partial charge in [0.1, 0.15) is 5.75 Å². The van der Waals surface area contributed by atoms with Crippen LogP contribution in [-0.4, -0.2) is 17.4 Å². The number of amides is 2. The van der Waals surface area contributed by atoms with Crippen molar-refractivity contribution in [3.8, 4) is 5.75 Å². The number of urea groups is 1. The maximum absolute atomic E-state index is 11.6. The molecular formula is C14H12ClN3O2. The van der Waals surface area contributed by atoms with Crippen molar-refractivity contribution in [3.05, 3.63) is 59.1 Å². The fourth-order valence-electron chi connectivity index (χ4n) is 1.48. The molecule has 0 spiro atoms. The van der Waals surface area contributed by atoms with Gasteiger partial charge in [-0.25, -0.2) is 10.2 Å². The summed E-state index contributed by atoms with van der Waals surface area (Å²) in [5, 5.41) is 16.0. The molecule has 0 heterocycles. The first-order valence-electron chi connectivity index (χ1n) is 5.79. The van der Waals surface area contributed by atoms with Gasteiger partial charge in [-0.15, -0.1) is 0 Å². The number of phenols is 1. The van der Waals surface area contributed by atoms with Gasteiger partial charge in [0.25, 0.3) is 0 Å². The Kier molecular flexibility index (Phi) is 4.57. The van der Waals surface area contributed by atoms with Gasteiger partial charge in [0.2, 0.25) is 0 Å². The number of benzene rings is 2. The van der Waals surface area contributed by atoms with Crippen LogP contribution >= 0.6 is 11.6 Å². The number of para-hydroxylation sites is 1. The van der Waals surface area contributed by atoms with Gasteiger partial charge in [-0.3, -0.25) is 0 Å². The minimum atomic E-state index is -0.505. The van der Waals surface area contributed by atoms with E-state index >= 15 is 0 Å². The van der Waals surface area contributed by atoms with E-state index in [2.05, 4.69) is 15.8 Å². The highest BCUT2D eigenvalue weighted by molar-refractivity contribution is 6.33. The molecule has 20 heavy (non-hydrogen) atoms. The normalized spacial score (nSPS) is 10.4. The van der Waals surface area contributed by atoms with E-state index in [1.807, 2.05) is 0 Å². The van der Waals surface area contributed by atoms with Crippen LogP contribution in [0.5, 0.6) is 5.75 Å². The second-order valence-electron chi connectivity index (χ2n) is 3.90. The fourth-order valence-corrected chi connectivity index (χ4v) is 1.67. The Morgan fingerprint density at radius 2 is 2.00 bits per heavy atom. The Labute approximate surface area is 120 Å². The van der Waals surface area contributed by atoms with Gasteiger partial charge in [-0.1, -0.05) is 35.9 Å². The maximum Gasteiger partial charge on any atom is 0.339 e. The van der Waals surface area contributed by atoms with Crippen LogP contribution in [0.4, 0.5) is 10.5 Å².